The summed E-state index contributed by atoms with van der Waals surface area (Å²) in [5, 5.41) is 11.7. The van der Waals surface area contributed by atoms with E-state index in [1.165, 1.54) is 23.9 Å². The minimum Gasteiger partial charge on any atom is -0.366 e. The van der Waals surface area contributed by atoms with Gasteiger partial charge in [-0.1, -0.05) is 47.6 Å². The van der Waals surface area contributed by atoms with Crippen LogP contribution in [0, 0.1) is 5.82 Å². The van der Waals surface area contributed by atoms with E-state index >= 15 is 0 Å². The molecule has 0 saturated carbocycles. The first-order chi connectivity index (χ1) is 13.0. The first kappa shape index (κ1) is 18.2. The number of hydrogen-bond donors (Lipinski definition) is 1. The molecular weight excluding hydrogens is 404 g/mol. The van der Waals surface area contributed by atoms with Crippen LogP contribution in [0.3, 0.4) is 0 Å². The van der Waals surface area contributed by atoms with Gasteiger partial charge in [-0.15, -0.1) is 0 Å². The molecule has 136 valence electrons. The molecule has 0 spiro atoms. The van der Waals surface area contributed by atoms with Crippen molar-refractivity contribution in [3.8, 4) is 0 Å². The first-order valence-corrected chi connectivity index (χ1v) is 9.69. The van der Waals surface area contributed by atoms with Crippen molar-refractivity contribution in [2.45, 2.75) is 4.90 Å². The van der Waals surface area contributed by atoms with Gasteiger partial charge in [0.25, 0.3) is 0 Å². The smallest absolute Gasteiger partial charge is 0.123 e. The number of rotatable bonds is 2. The van der Waals surface area contributed by atoms with Gasteiger partial charge in [0.05, 0.1) is 15.7 Å². The molecule has 1 N–H and O–H groups in total. The molecule has 0 radical (unpaired) electrons. The fourth-order valence-electron chi connectivity index (χ4n) is 2.88. The summed E-state index contributed by atoms with van der Waals surface area (Å²) in [6.07, 6.45) is 3.89. The molecule has 4 rings (SSSR count). The molecule has 0 saturated heterocycles. The Morgan fingerprint density at radius 2 is 1.78 bits per heavy atom. The largest absolute Gasteiger partial charge is 0.366 e. The van der Waals surface area contributed by atoms with E-state index < -0.39 is 0 Å². The Bertz CT molecular complexity index is 992. The lowest BCUT2D eigenvalue weighted by Crippen LogP contribution is -2.36. The van der Waals surface area contributed by atoms with Crippen LogP contribution in [0.2, 0.25) is 10.0 Å². The van der Waals surface area contributed by atoms with Gasteiger partial charge in [-0.2, -0.15) is 5.10 Å². The highest BCUT2D eigenvalue weighted by atomic mass is 35.5. The number of hydrogen-bond acceptors (Lipinski definition) is 4. The van der Waals surface area contributed by atoms with Crippen LogP contribution < -0.4 is 5.32 Å². The average Bonchev–Trinajstić information content (AvgIpc) is 2.65. The third-order valence-corrected chi connectivity index (χ3v) is 5.69. The van der Waals surface area contributed by atoms with Crippen LogP contribution in [0.1, 0.15) is 5.56 Å². The number of fused-ring (bicyclic) bond motifs is 1. The Morgan fingerprint density at radius 1 is 1.07 bits per heavy atom. The third kappa shape index (κ3) is 3.63. The van der Waals surface area contributed by atoms with Gasteiger partial charge in [-0.05, 0) is 48.6 Å². The standard InChI is InChI=1S/C20H14Cl2FN3S/c1-12-19(20-15(21)3-2-4-16(20)22)17-9-10-18(25-26(17)11-24-12)27-14-7-5-13(23)6-8-14/h2-10,24H,1,11H2. The zero-order valence-electron chi connectivity index (χ0n) is 14.0. The summed E-state index contributed by atoms with van der Waals surface area (Å²) in [5.74, 6) is -0.259. The zero-order chi connectivity index (χ0) is 19.0. The van der Waals surface area contributed by atoms with Crippen molar-refractivity contribution in [2.75, 3.05) is 6.67 Å². The SMILES string of the molecule is C=C1NCN2N=C(Sc3ccc(F)cc3)C=CC2=C1c1c(Cl)cccc1Cl. The number of nitrogens with one attached hydrogen (secondary N) is 1. The summed E-state index contributed by atoms with van der Waals surface area (Å²) in [5.41, 5.74) is 3.16. The summed E-state index contributed by atoms with van der Waals surface area (Å²) in [7, 11) is 0. The Labute approximate surface area is 170 Å². The van der Waals surface area contributed by atoms with E-state index in [0.717, 1.165) is 32.5 Å². The highest BCUT2D eigenvalue weighted by Gasteiger charge is 2.27. The number of benzene rings is 2. The number of halogens is 3. The Hall–Kier alpha value is -2.21. The molecule has 2 aliphatic heterocycles. The van der Waals surface area contributed by atoms with Crippen LogP contribution in [0.15, 0.2) is 82.6 Å². The van der Waals surface area contributed by atoms with Crippen LogP contribution in [-0.2, 0) is 0 Å². The second-order valence-corrected chi connectivity index (χ2v) is 7.81. The van der Waals surface area contributed by atoms with E-state index in [0.29, 0.717) is 16.7 Å². The van der Waals surface area contributed by atoms with E-state index in [-0.39, 0.29) is 5.82 Å². The van der Waals surface area contributed by atoms with Gasteiger partial charge in [0.2, 0.25) is 0 Å². The van der Waals surface area contributed by atoms with Crippen LogP contribution in [0.4, 0.5) is 4.39 Å². The molecule has 27 heavy (non-hydrogen) atoms. The third-order valence-electron chi connectivity index (χ3n) is 4.13. The minimum atomic E-state index is -0.259. The Morgan fingerprint density at radius 3 is 2.48 bits per heavy atom. The van der Waals surface area contributed by atoms with E-state index in [9.17, 15) is 4.39 Å². The van der Waals surface area contributed by atoms with Gasteiger partial charge in [0, 0.05) is 21.7 Å². The predicted molar refractivity (Wildman–Crippen MR) is 111 cm³/mol. The molecule has 7 heteroatoms. The summed E-state index contributed by atoms with van der Waals surface area (Å²) in [6.45, 7) is 4.59. The first-order valence-electron chi connectivity index (χ1n) is 8.12. The summed E-state index contributed by atoms with van der Waals surface area (Å²) >= 11 is 14.3. The van der Waals surface area contributed by atoms with Crippen molar-refractivity contribution in [3.05, 3.63) is 94.0 Å². The molecule has 2 aromatic rings. The lowest BCUT2D eigenvalue weighted by Gasteiger charge is -2.33. The zero-order valence-corrected chi connectivity index (χ0v) is 16.4. The Balaban J connectivity index is 1.71. The molecule has 2 aliphatic rings. The predicted octanol–water partition coefficient (Wildman–Crippen LogP) is 5.90. The van der Waals surface area contributed by atoms with Crippen LogP contribution in [-0.4, -0.2) is 16.7 Å². The molecule has 0 aromatic heterocycles. The summed E-state index contributed by atoms with van der Waals surface area (Å²) in [4.78, 5) is 0.913. The maximum absolute atomic E-state index is 13.1. The van der Waals surface area contributed by atoms with Crippen molar-refractivity contribution < 1.29 is 4.39 Å². The highest BCUT2D eigenvalue weighted by molar-refractivity contribution is 8.14. The molecule has 0 aliphatic carbocycles. The maximum Gasteiger partial charge on any atom is 0.123 e. The van der Waals surface area contributed by atoms with Crippen molar-refractivity contribution >= 4 is 45.6 Å². The number of thioether (sulfide) groups is 1. The molecule has 0 bridgehead atoms. The maximum atomic E-state index is 13.1. The normalized spacial score (nSPS) is 16.2. The summed E-state index contributed by atoms with van der Waals surface area (Å²) < 4.78 is 13.1. The number of allylic oxidation sites excluding steroid dienone is 2. The van der Waals surface area contributed by atoms with Gasteiger partial charge in [-0.3, -0.25) is 0 Å². The lowest BCUT2D eigenvalue weighted by atomic mass is 9.98. The molecule has 0 unspecified atom stereocenters. The van der Waals surface area contributed by atoms with Gasteiger partial charge >= 0.3 is 0 Å². The number of hydrazone groups is 1. The van der Waals surface area contributed by atoms with Crippen molar-refractivity contribution in [2.24, 2.45) is 5.10 Å². The molecule has 2 heterocycles. The molecule has 2 aromatic carbocycles. The van der Waals surface area contributed by atoms with E-state index in [1.54, 1.807) is 24.3 Å². The van der Waals surface area contributed by atoms with Gasteiger partial charge < -0.3 is 5.32 Å². The lowest BCUT2D eigenvalue weighted by molar-refractivity contribution is 0.348. The number of nitrogens with zero attached hydrogens (tertiary/aromatic N) is 2. The quantitative estimate of drug-likeness (QED) is 0.659. The Kier molecular flexibility index (Phi) is 5.00. The van der Waals surface area contributed by atoms with E-state index in [4.69, 9.17) is 23.2 Å². The van der Waals surface area contributed by atoms with Gasteiger partial charge in [-0.25, -0.2) is 9.40 Å². The van der Waals surface area contributed by atoms with Gasteiger partial charge in [0.1, 0.15) is 17.5 Å². The fourth-order valence-corrected chi connectivity index (χ4v) is 4.26. The van der Waals surface area contributed by atoms with Gasteiger partial charge in [0.15, 0.2) is 0 Å². The van der Waals surface area contributed by atoms with Crippen molar-refractivity contribution in [1.29, 1.82) is 0 Å². The minimum absolute atomic E-state index is 0.259. The molecule has 0 fully saturated rings. The topological polar surface area (TPSA) is 27.6 Å². The second kappa shape index (κ2) is 7.43. The van der Waals surface area contributed by atoms with E-state index in [2.05, 4.69) is 17.0 Å². The van der Waals surface area contributed by atoms with Crippen molar-refractivity contribution in [3.63, 3.8) is 0 Å². The molecule has 3 nitrogen and oxygen atoms in total. The molecule has 0 atom stereocenters. The van der Waals surface area contributed by atoms with Crippen LogP contribution in [0.25, 0.3) is 5.57 Å². The fraction of sp³-hybridized carbons (Fsp3) is 0.0500. The van der Waals surface area contributed by atoms with Crippen LogP contribution in [0.5, 0.6) is 0 Å². The molecule has 0 amide bonds. The molecular formula is C20H14Cl2FN3S. The monoisotopic (exact) mass is 417 g/mol. The summed E-state index contributed by atoms with van der Waals surface area (Å²) in [6, 6.07) is 11.7. The second-order valence-electron chi connectivity index (χ2n) is 5.90. The van der Waals surface area contributed by atoms with Crippen molar-refractivity contribution in [1.82, 2.24) is 10.3 Å². The average molecular weight is 418 g/mol. The highest BCUT2D eigenvalue weighted by Crippen LogP contribution is 2.39. The van der Waals surface area contributed by atoms with Crippen LogP contribution >= 0.6 is 35.0 Å². The van der Waals surface area contributed by atoms with E-state index in [1.807, 2.05) is 23.2 Å².